The van der Waals surface area contributed by atoms with Crippen LogP contribution in [0.15, 0.2) is 23.5 Å². The van der Waals surface area contributed by atoms with E-state index in [1.807, 2.05) is 18.5 Å². The summed E-state index contributed by atoms with van der Waals surface area (Å²) < 4.78 is 7.70. The quantitative estimate of drug-likeness (QED) is 0.259. The summed E-state index contributed by atoms with van der Waals surface area (Å²) in [6, 6.07) is 2.71. The molecule has 4 N–H and O–H groups in total. The zero-order valence-corrected chi connectivity index (χ0v) is 21.9. The van der Waals surface area contributed by atoms with Crippen molar-refractivity contribution in [3.63, 3.8) is 0 Å². The van der Waals surface area contributed by atoms with Crippen molar-refractivity contribution in [1.29, 1.82) is 0 Å². The lowest BCUT2D eigenvalue weighted by molar-refractivity contribution is -0.113. The van der Waals surface area contributed by atoms with E-state index in [0.29, 0.717) is 18.6 Å². The number of nitrogens with two attached hydrogens (primary N) is 1. The number of nitrogens with one attached hydrogen (secondary N) is 1. The van der Waals surface area contributed by atoms with Gasteiger partial charge in [0, 0.05) is 37.7 Å². The molecule has 34 heavy (non-hydrogen) atoms. The smallest absolute Gasteiger partial charge is 0.272 e. The van der Waals surface area contributed by atoms with Gasteiger partial charge in [0.1, 0.15) is 6.73 Å². The summed E-state index contributed by atoms with van der Waals surface area (Å²) in [5.41, 5.74) is 11.0. The minimum absolute atomic E-state index is 0.101. The van der Waals surface area contributed by atoms with Crippen LogP contribution in [0.1, 0.15) is 37.1 Å². The maximum atomic E-state index is 12.8. The van der Waals surface area contributed by atoms with Crippen LogP contribution in [-0.2, 0) is 16.3 Å². The predicted octanol–water partition coefficient (Wildman–Crippen LogP) is 4.55. The first-order chi connectivity index (χ1) is 16.0. The third-order valence-corrected chi connectivity index (χ3v) is 8.27. The van der Waals surface area contributed by atoms with E-state index in [1.165, 1.54) is 0 Å². The summed E-state index contributed by atoms with van der Waals surface area (Å²) in [7, 11) is -1.14. The van der Waals surface area contributed by atoms with E-state index in [0.717, 1.165) is 66.4 Å². The Morgan fingerprint density at radius 2 is 1.88 bits per heavy atom. The number of aromatic nitrogens is 3. The molecule has 2 aliphatic carbocycles. The molecular weight excluding hydrogens is 446 g/mol. The summed E-state index contributed by atoms with van der Waals surface area (Å²) in [5, 5.41) is 17.9. The number of aryl methyl sites for hydroxylation is 1. The van der Waals surface area contributed by atoms with Crippen LogP contribution in [0, 0.1) is 25.7 Å². The number of anilines is 1. The van der Waals surface area contributed by atoms with Gasteiger partial charge in [0.2, 0.25) is 0 Å². The highest BCUT2D eigenvalue weighted by Crippen LogP contribution is 2.49. The second-order valence-electron chi connectivity index (χ2n) is 10.9. The average molecular weight is 484 g/mol. The van der Waals surface area contributed by atoms with Crippen molar-refractivity contribution in [1.82, 2.24) is 14.8 Å². The maximum absolute atomic E-state index is 12.8. The van der Waals surface area contributed by atoms with E-state index >= 15 is 0 Å². The van der Waals surface area contributed by atoms with Crippen LogP contribution < -0.4 is 11.1 Å². The molecule has 0 saturated heterocycles. The Balaban J connectivity index is 1.46. The molecule has 0 atom stereocenters. The Labute approximate surface area is 202 Å². The Bertz CT molecular complexity index is 1100. The SMILES string of the molecule is Cc1nn(COCC[Si](C)(C)C)c(C)c1-c1cnc(NC(=O)C(N)=C(C2CC2)C2CC2)c(O)c1. The third-order valence-electron chi connectivity index (χ3n) is 6.57. The lowest BCUT2D eigenvalue weighted by Crippen LogP contribution is -2.23. The van der Waals surface area contributed by atoms with Crippen molar-refractivity contribution < 1.29 is 14.6 Å². The first-order valence-corrected chi connectivity index (χ1v) is 15.9. The van der Waals surface area contributed by atoms with Crippen LogP contribution in [-0.4, -0.2) is 40.5 Å². The van der Waals surface area contributed by atoms with Gasteiger partial charge >= 0.3 is 0 Å². The van der Waals surface area contributed by atoms with E-state index < -0.39 is 8.07 Å². The van der Waals surface area contributed by atoms with Gasteiger partial charge < -0.3 is 20.9 Å². The second-order valence-corrected chi connectivity index (χ2v) is 16.5. The fourth-order valence-corrected chi connectivity index (χ4v) is 5.08. The highest BCUT2D eigenvalue weighted by atomic mass is 28.3. The molecule has 184 valence electrons. The van der Waals surface area contributed by atoms with Gasteiger partial charge in [0.25, 0.3) is 5.91 Å². The summed E-state index contributed by atoms with van der Waals surface area (Å²) >= 11 is 0. The number of carbonyl (C=O) groups is 1. The summed E-state index contributed by atoms with van der Waals surface area (Å²) in [5.74, 6) is 0.518. The molecule has 0 aromatic carbocycles. The van der Waals surface area contributed by atoms with Crippen LogP contribution >= 0.6 is 0 Å². The van der Waals surface area contributed by atoms with Crippen LogP contribution in [0.4, 0.5) is 5.82 Å². The highest BCUT2D eigenvalue weighted by molar-refractivity contribution is 6.76. The molecular formula is C25H37N5O3Si. The van der Waals surface area contributed by atoms with Crippen molar-refractivity contribution in [2.75, 3.05) is 11.9 Å². The van der Waals surface area contributed by atoms with Gasteiger partial charge in [-0.05, 0) is 69.1 Å². The van der Waals surface area contributed by atoms with Gasteiger partial charge in [0.05, 0.1) is 11.4 Å². The molecule has 2 aromatic heterocycles. The second kappa shape index (κ2) is 9.54. The molecule has 0 bridgehead atoms. The van der Waals surface area contributed by atoms with Crippen LogP contribution in [0.3, 0.4) is 0 Å². The Morgan fingerprint density at radius 1 is 1.24 bits per heavy atom. The molecule has 2 aromatic rings. The van der Waals surface area contributed by atoms with Crippen LogP contribution in [0.5, 0.6) is 5.75 Å². The number of nitrogens with zero attached hydrogens (tertiary/aromatic N) is 3. The van der Waals surface area contributed by atoms with Gasteiger partial charge in [-0.3, -0.25) is 4.79 Å². The number of amides is 1. The molecule has 4 rings (SSSR count). The van der Waals surface area contributed by atoms with E-state index in [4.69, 9.17) is 10.5 Å². The van der Waals surface area contributed by atoms with Gasteiger partial charge in [-0.2, -0.15) is 5.10 Å². The fourth-order valence-electron chi connectivity index (χ4n) is 4.32. The number of hydrogen-bond donors (Lipinski definition) is 3. The first-order valence-electron chi connectivity index (χ1n) is 12.2. The number of rotatable bonds is 10. The van der Waals surface area contributed by atoms with Gasteiger partial charge in [-0.1, -0.05) is 19.6 Å². The molecule has 1 amide bonds. The highest BCUT2D eigenvalue weighted by Gasteiger charge is 2.39. The minimum atomic E-state index is -1.14. The zero-order valence-electron chi connectivity index (χ0n) is 20.9. The molecule has 2 saturated carbocycles. The molecule has 8 nitrogen and oxygen atoms in total. The van der Waals surface area contributed by atoms with Gasteiger partial charge in [-0.25, -0.2) is 9.67 Å². The number of ether oxygens (including phenoxy) is 1. The third kappa shape index (κ3) is 5.70. The Kier molecular flexibility index (Phi) is 6.86. The van der Waals surface area contributed by atoms with Crippen molar-refractivity contribution in [3.05, 3.63) is 34.9 Å². The van der Waals surface area contributed by atoms with Gasteiger partial charge in [-0.15, -0.1) is 0 Å². The van der Waals surface area contributed by atoms with Crippen molar-refractivity contribution >= 4 is 19.8 Å². The zero-order chi connectivity index (χ0) is 24.6. The van der Waals surface area contributed by atoms with Crippen LogP contribution in [0.2, 0.25) is 25.7 Å². The number of aromatic hydroxyl groups is 1. The minimum Gasteiger partial charge on any atom is -0.504 e. The first kappa shape index (κ1) is 24.5. The monoisotopic (exact) mass is 483 g/mol. The standard InChI is InChI=1S/C25H37N5O3Si/c1-15-21(16(2)30(29-15)14-33-10-11-34(3,4)5)19-12-20(31)24(27-13-19)28-25(32)23(26)22(17-6-7-17)18-8-9-18/h12-13,17-18,31H,6-11,14,26H2,1-5H3,(H,27,28,32). The number of allylic oxidation sites excluding steroid dienone is 1. The molecule has 0 spiro atoms. The maximum Gasteiger partial charge on any atom is 0.272 e. The van der Waals surface area contributed by atoms with E-state index in [-0.39, 0.29) is 23.2 Å². The van der Waals surface area contributed by atoms with Crippen molar-refractivity contribution in [2.24, 2.45) is 17.6 Å². The largest absolute Gasteiger partial charge is 0.504 e. The molecule has 9 heteroatoms. The van der Waals surface area contributed by atoms with E-state index in [9.17, 15) is 9.90 Å². The Hall–Kier alpha value is -2.65. The van der Waals surface area contributed by atoms with Crippen molar-refractivity contribution in [2.45, 2.75) is 71.9 Å². The van der Waals surface area contributed by atoms with Gasteiger partial charge in [0.15, 0.2) is 11.6 Å². The van der Waals surface area contributed by atoms with Crippen molar-refractivity contribution in [3.8, 4) is 16.9 Å². The molecule has 0 radical (unpaired) electrons. The molecule has 2 aliphatic rings. The molecule has 0 unspecified atom stereocenters. The molecule has 2 fully saturated rings. The Morgan fingerprint density at radius 3 is 2.44 bits per heavy atom. The topological polar surface area (TPSA) is 115 Å². The summed E-state index contributed by atoms with van der Waals surface area (Å²) in [6.45, 7) is 12.0. The lowest BCUT2D eigenvalue weighted by atomic mass is 10.0. The average Bonchev–Trinajstić information content (AvgIpc) is 3.67. The lowest BCUT2D eigenvalue weighted by Gasteiger charge is -2.15. The van der Waals surface area contributed by atoms with E-state index in [1.54, 1.807) is 12.3 Å². The number of carbonyl (C=O) groups excluding carboxylic acids is 1. The number of pyridine rings is 1. The molecule has 2 heterocycles. The van der Waals surface area contributed by atoms with Crippen LogP contribution in [0.25, 0.3) is 11.1 Å². The summed E-state index contributed by atoms with van der Waals surface area (Å²) in [4.78, 5) is 17.1. The fraction of sp³-hybridized carbons (Fsp3) is 0.560. The molecule has 0 aliphatic heterocycles. The predicted molar refractivity (Wildman–Crippen MR) is 136 cm³/mol. The van der Waals surface area contributed by atoms with E-state index in [2.05, 4.69) is 35.0 Å². The number of hydrogen-bond acceptors (Lipinski definition) is 6. The summed E-state index contributed by atoms with van der Waals surface area (Å²) in [6.07, 6.45) is 6.06. The normalized spacial score (nSPS) is 15.9.